The number of nitrogens with zero attached hydrogens (tertiary/aromatic N) is 1. The molecule has 0 aromatic rings. The Hall–Kier alpha value is -1.10. The van der Waals surface area contributed by atoms with Gasteiger partial charge in [-0.2, -0.15) is 4.99 Å². The zero-order valence-corrected chi connectivity index (χ0v) is 8.03. The third-order valence-corrected chi connectivity index (χ3v) is 3.17. The molecule has 0 spiro atoms. The maximum absolute atomic E-state index is 11.8. The van der Waals surface area contributed by atoms with Crippen molar-refractivity contribution in [3.05, 3.63) is 0 Å². The second-order valence-electron chi connectivity index (χ2n) is 4.13. The van der Waals surface area contributed by atoms with Crippen LogP contribution in [0.4, 0.5) is 0 Å². The van der Waals surface area contributed by atoms with E-state index in [1.54, 1.807) is 0 Å². The SMILES string of the molecule is NC(N)=NC(=O)C12CCC(CC1)OC2. The Morgan fingerprint density at radius 2 is 2.00 bits per heavy atom. The normalized spacial score (nSPS) is 35.3. The Labute approximate surface area is 82.5 Å². The summed E-state index contributed by atoms with van der Waals surface area (Å²) >= 11 is 0. The molecule has 5 nitrogen and oxygen atoms in total. The smallest absolute Gasteiger partial charge is 0.257 e. The van der Waals surface area contributed by atoms with Gasteiger partial charge in [0.1, 0.15) is 0 Å². The van der Waals surface area contributed by atoms with Gasteiger partial charge in [-0.25, -0.2) is 0 Å². The molecule has 2 saturated heterocycles. The molecular formula is C9H15N3O2. The molecule has 2 bridgehead atoms. The summed E-state index contributed by atoms with van der Waals surface area (Å²) in [5.41, 5.74) is 9.95. The Morgan fingerprint density at radius 1 is 1.36 bits per heavy atom. The van der Waals surface area contributed by atoms with Gasteiger partial charge in [-0.05, 0) is 25.7 Å². The maximum atomic E-state index is 11.8. The predicted molar refractivity (Wildman–Crippen MR) is 51.5 cm³/mol. The van der Waals surface area contributed by atoms with Gasteiger partial charge in [-0.1, -0.05) is 0 Å². The van der Waals surface area contributed by atoms with E-state index < -0.39 is 5.41 Å². The first kappa shape index (κ1) is 9.45. The van der Waals surface area contributed by atoms with Gasteiger partial charge in [0, 0.05) is 0 Å². The summed E-state index contributed by atoms with van der Waals surface area (Å²) in [6.45, 7) is 0.479. The summed E-state index contributed by atoms with van der Waals surface area (Å²) < 4.78 is 5.51. The topological polar surface area (TPSA) is 90.7 Å². The number of hydrogen-bond donors (Lipinski definition) is 2. The monoisotopic (exact) mass is 197 g/mol. The number of ether oxygens (including phenoxy) is 1. The van der Waals surface area contributed by atoms with Gasteiger partial charge in [-0.3, -0.25) is 4.79 Å². The lowest BCUT2D eigenvalue weighted by Gasteiger charge is -2.43. The summed E-state index contributed by atoms with van der Waals surface area (Å²) in [6, 6.07) is 0. The molecule has 3 rings (SSSR count). The molecule has 1 saturated carbocycles. The number of amides is 1. The lowest BCUT2D eigenvalue weighted by atomic mass is 9.71. The second-order valence-corrected chi connectivity index (χ2v) is 4.13. The van der Waals surface area contributed by atoms with Crippen molar-refractivity contribution in [2.45, 2.75) is 31.8 Å². The fraction of sp³-hybridized carbons (Fsp3) is 0.778. The number of fused-ring (bicyclic) bond motifs is 3. The number of rotatable bonds is 1. The highest BCUT2D eigenvalue weighted by atomic mass is 16.5. The van der Waals surface area contributed by atoms with Crippen molar-refractivity contribution in [1.82, 2.24) is 0 Å². The quantitative estimate of drug-likeness (QED) is 0.448. The van der Waals surface area contributed by atoms with Crippen molar-refractivity contribution in [3.8, 4) is 0 Å². The highest BCUT2D eigenvalue weighted by Crippen LogP contribution is 2.43. The maximum Gasteiger partial charge on any atom is 0.257 e. The van der Waals surface area contributed by atoms with Gasteiger partial charge < -0.3 is 16.2 Å². The molecule has 5 heteroatoms. The van der Waals surface area contributed by atoms with Gasteiger partial charge in [0.25, 0.3) is 5.91 Å². The summed E-state index contributed by atoms with van der Waals surface area (Å²) in [4.78, 5) is 15.4. The highest BCUT2D eigenvalue weighted by Gasteiger charge is 2.46. The lowest BCUT2D eigenvalue weighted by Crippen LogP contribution is -2.47. The number of aliphatic imine (C=N–C) groups is 1. The van der Waals surface area contributed by atoms with Crippen LogP contribution in [0, 0.1) is 5.41 Å². The van der Waals surface area contributed by atoms with Crippen molar-refractivity contribution in [2.75, 3.05) is 6.61 Å². The van der Waals surface area contributed by atoms with Crippen LogP contribution in [0.5, 0.6) is 0 Å². The Balaban J connectivity index is 2.15. The molecule has 2 aliphatic heterocycles. The number of carbonyl (C=O) groups is 1. The van der Waals surface area contributed by atoms with E-state index in [1.165, 1.54) is 0 Å². The van der Waals surface area contributed by atoms with Gasteiger partial charge in [-0.15, -0.1) is 0 Å². The van der Waals surface area contributed by atoms with E-state index >= 15 is 0 Å². The molecule has 14 heavy (non-hydrogen) atoms. The Bertz CT molecular complexity index is 262. The second kappa shape index (κ2) is 3.24. The molecule has 0 aromatic heterocycles. The molecule has 3 aliphatic rings. The van der Waals surface area contributed by atoms with E-state index in [2.05, 4.69) is 4.99 Å². The van der Waals surface area contributed by atoms with Crippen LogP contribution in [-0.4, -0.2) is 24.6 Å². The van der Waals surface area contributed by atoms with E-state index in [9.17, 15) is 4.79 Å². The molecule has 0 atom stereocenters. The van der Waals surface area contributed by atoms with E-state index in [1.807, 2.05) is 0 Å². The van der Waals surface area contributed by atoms with E-state index in [0.29, 0.717) is 12.7 Å². The van der Waals surface area contributed by atoms with E-state index in [-0.39, 0.29) is 11.9 Å². The molecule has 0 aromatic carbocycles. The number of nitrogens with two attached hydrogens (primary N) is 2. The summed E-state index contributed by atoms with van der Waals surface area (Å²) in [6.07, 6.45) is 3.96. The fourth-order valence-corrected chi connectivity index (χ4v) is 2.24. The minimum atomic E-state index is -0.432. The van der Waals surface area contributed by atoms with Crippen LogP contribution < -0.4 is 11.5 Å². The molecule has 1 amide bonds. The molecule has 3 fully saturated rings. The summed E-state index contributed by atoms with van der Waals surface area (Å²) in [5, 5.41) is 0. The first-order chi connectivity index (χ1) is 6.62. The molecule has 0 radical (unpaired) electrons. The van der Waals surface area contributed by atoms with Crippen LogP contribution >= 0.6 is 0 Å². The Morgan fingerprint density at radius 3 is 2.43 bits per heavy atom. The van der Waals surface area contributed by atoms with Crippen LogP contribution in [0.2, 0.25) is 0 Å². The summed E-state index contributed by atoms with van der Waals surface area (Å²) in [7, 11) is 0. The zero-order valence-electron chi connectivity index (χ0n) is 8.03. The number of hydrogen-bond acceptors (Lipinski definition) is 2. The van der Waals surface area contributed by atoms with Crippen molar-refractivity contribution in [3.63, 3.8) is 0 Å². The fourth-order valence-electron chi connectivity index (χ4n) is 2.24. The van der Waals surface area contributed by atoms with Crippen molar-refractivity contribution in [1.29, 1.82) is 0 Å². The number of guanidine groups is 1. The van der Waals surface area contributed by atoms with Crippen LogP contribution in [0.3, 0.4) is 0 Å². The molecule has 0 unspecified atom stereocenters. The van der Waals surface area contributed by atoms with Gasteiger partial charge in [0.15, 0.2) is 5.96 Å². The molecule has 1 aliphatic carbocycles. The van der Waals surface area contributed by atoms with Gasteiger partial charge in [0.05, 0.1) is 18.1 Å². The van der Waals surface area contributed by atoms with Crippen molar-refractivity contribution < 1.29 is 9.53 Å². The average molecular weight is 197 g/mol. The predicted octanol–water partition coefficient (Wildman–Crippen LogP) is -0.254. The zero-order chi connectivity index (χ0) is 10.2. The van der Waals surface area contributed by atoms with Crippen LogP contribution in [0.15, 0.2) is 4.99 Å². The minimum Gasteiger partial charge on any atom is -0.377 e. The molecular weight excluding hydrogens is 182 g/mol. The van der Waals surface area contributed by atoms with Crippen LogP contribution in [0.25, 0.3) is 0 Å². The first-order valence-corrected chi connectivity index (χ1v) is 4.88. The Kier molecular flexibility index (Phi) is 2.19. The summed E-state index contributed by atoms with van der Waals surface area (Å²) in [5.74, 6) is -0.368. The first-order valence-electron chi connectivity index (χ1n) is 4.88. The van der Waals surface area contributed by atoms with Crippen LogP contribution in [0.1, 0.15) is 25.7 Å². The minimum absolute atomic E-state index is 0.155. The molecule has 4 N–H and O–H groups in total. The average Bonchev–Trinajstić information content (AvgIpc) is 2.19. The third-order valence-electron chi connectivity index (χ3n) is 3.17. The standard InChI is InChI=1S/C9H15N3O2/c10-8(11)12-7(13)9-3-1-6(2-4-9)14-5-9/h6H,1-5H2,(H4,10,11,12,13). The largest absolute Gasteiger partial charge is 0.377 e. The highest BCUT2D eigenvalue weighted by molar-refractivity contribution is 5.94. The number of carbonyl (C=O) groups excluding carboxylic acids is 1. The molecule has 2 heterocycles. The lowest BCUT2D eigenvalue weighted by molar-refractivity contribution is -0.153. The van der Waals surface area contributed by atoms with Gasteiger partial charge >= 0.3 is 0 Å². The van der Waals surface area contributed by atoms with E-state index in [4.69, 9.17) is 16.2 Å². The molecule has 78 valence electrons. The van der Waals surface area contributed by atoms with E-state index in [0.717, 1.165) is 25.7 Å². The van der Waals surface area contributed by atoms with Crippen LogP contribution in [-0.2, 0) is 9.53 Å². The van der Waals surface area contributed by atoms with Crippen molar-refractivity contribution >= 4 is 11.9 Å². The third kappa shape index (κ3) is 1.48. The van der Waals surface area contributed by atoms with Crippen molar-refractivity contribution in [2.24, 2.45) is 21.9 Å². The van der Waals surface area contributed by atoms with Gasteiger partial charge in [0.2, 0.25) is 0 Å².